The number of carboxylic acid groups (broad SMARTS) is 1. The van der Waals surface area contributed by atoms with Crippen molar-refractivity contribution in [3.05, 3.63) is 60.2 Å². The number of nitrogens with one attached hydrogen (secondary N) is 2. The molecule has 10 heteroatoms. The van der Waals surface area contributed by atoms with Crippen molar-refractivity contribution >= 4 is 11.9 Å². The zero-order valence-electron chi connectivity index (χ0n) is 14.3. The van der Waals surface area contributed by atoms with Gasteiger partial charge >= 0.3 is 12.1 Å². The number of pyridine rings is 1. The maximum atomic E-state index is 11.8. The van der Waals surface area contributed by atoms with Crippen LogP contribution in [0.5, 0.6) is 0 Å². The van der Waals surface area contributed by atoms with E-state index in [2.05, 4.69) is 15.3 Å². The summed E-state index contributed by atoms with van der Waals surface area (Å²) in [7, 11) is 0. The van der Waals surface area contributed by atoms with Gasteiger partial charge in [0.25, 0.3) is 5.91 Å². The molecular formula is C18H15F3N4O3. The molecule has 3 aromatic heterocycles. The highest BCUT2D eigenvalue weighted by atomic mass is 19.4. The fourth-order valence-electron chi connectivity index (χ4n) is 2.66. The number of carbonyl (C=O) groups is 2. The summed E-state index contributed by atoms with van der Waals surface area (Å²) in [6.07, 6.45) is 1.46. The van der Waals surface area contributed by atoms with E-state index in [-0.39, 0.29) is 5.91 Å². The van der Waals surface area contributed by atoms with Gasteiger partial charge in [-0.25, -0.2) is 9.78 Å². The van der Waals surface area contributed by atoms with Crippen LogP contribution in [0.2, 0.25) is 0 Å². The van der Waals surface area contributed by atoms with Crippen molar-refractivity contribution < 1.29 is 27.9 Å². The molecule has 0 aromatic carbocycles. The highest BCUT2D eigenvalue weighted by Gasteiger charge is 2.38. The first-order chi connectivity index (χ1) is 13.3. The van der Waals surface area contributed by atoms with Gasteiger partial charge in [0, 0.05) is 48.5 Å². The van der Waals surface area contributed by atoms with E-state index in [0.29, 0.717) is 6.54 Å². The lowest BCUT2D eigenvalue weighted by atomic mass is 10.1. The van der Waals surface area contributed by atoms with E-state index >= 15 is 0 Å². The van der Waals surface area contributed by atoms with Crippen LogP contribution in [0.3, 0.4) is 0 Å². The third-order valence-corrected chi connectivity index (χ3v) is 3.97. The molecule has 0 unspecified atom stereocenters. The predicted molar refractivity (Wildman–Crippen MR) is 93.1 cm³/mol. The summed E-state index contributed by atoms with van der Waals surface area (Å²) >= 11 is 0. The second-order valence-electron chi connectivity index (χ2n) is 5.88. The zero-order valence-corrected chi connectivity index (χ0v) is 14.3. The fourth-order valence-corrected chi connectivity index (χ4v) is 2.66. The van der Waals surface area contributed by atoms with Crippen molar-refractivity contribution in [1.82, 2.24) is 19.9 Å². The predicted octanol–water partition coefficient (Wildman–Crippen LogP) is 2.79. The Morgan fingerprint density at radius 1 is 1.21 bits per heavy atom. The maximum absolute atomic E-state index is 11.8. The van der Waals surface area contributed by atoms with Gasteiger partial charge in [0.05, 0.1) is 5.56 Å². The molecule has 1 amide bonds. The fraction of sp³-hybridized carbons (Fsp3) is 0.167. The summed E-state index contributed by atoms with van der Waals surface area (Å²) in [5.41, 5.74) is 3.73. The Kier molecular flexibility index (Phi) is 5.21. The normalized spacial score (nSPS) is 13.2. The van der Waals surface area contributed by atoms with E-state index in [0.717, 1.165) is 34.8 Å². The van der Waals surface area contributed by atoms with E-state index in [1.54, 1.807) is 6.20 Å². The van der Waals surface area contributed by atoms with Gasteiger partial charge in [-0.2, -0.15) is 13.2 Å². The SMILES string of the molecule is O=C(O)C(F)(F)F.O=C1NCCc2[nH]c(-c3ccnc(-n4cccc4)c3)cc21. The number of H-pyrrole nitrogens is 1. The minimum Gasteiger partial charge on any atom is -0.475 e. The molecule has 4 rings (SSSR count). The first kappa shape index (κ1) is 19.2. The van der Waals surface area contributed by atoms with Crippen molar-refractivity contribution in [3.63, 3.8) is 0 Å². The van der Waals surface area contributed by atoms with E-state index < -0.39 is 12.1 Å². The second-order valence-corrected chi connectivity index (χ2v) is 5.88. The van der Waals surface area contributed by atoms with Gasteiger partial charge in [0.2, 0.25) is 0 Å². The minimum absolute atomic E-state index is 0.00145. The van der Waals surface area contributed by atoms with Gasteiger partial charge in [-0.3, -0.25) is 4.79 Å². The number of aromatic amines is 1. The van der Waals surface area contributed by atoms with Crippen LogP contribution >= 0.6 is 0 Å². The summed E-state index contributed by atoms with van der Waals surface area (Å²) in [6, 6.07) is 9.80. The number of amides is 1. The Hall–Kier alpha value is -3.56. The Labute approximate surface area is 156 Å². The summed E-state index contributed by atoms with van der Waals surface area (Å²) in [5.74, 6) is -1.90. The molecule has 3 N–H and O–H groups in total. The van der Waals surface area contributed by atoms with Gasteiger partial charge < -0.3 is 20.0 Å². The molecule has 28 heavy (non-hydrogen) atoms. The van der Waals surface area contributed by atoms with Crippen LogP contribution in [-0.2, 0) is 11.2 Å². The minimum atomic E-state index is -5.08. The van der Waals surface area contributed by atoms with E-state index in [4.69, 9.17) is 9.90 Å². The first-order valence-corrected chi connectivity index (χ1v) is 8.15. The molecule has 0 saturated carbocycles. The molecule has 0 atom stereocenters. The van der Waals surface area contributed by atoms with E-state index in [1.165, 1.54) is 0 Å². The van der Waals surface area contributed by atoms with Crippen LogP contribution < -0.4 is 5.32 Å². The molecule has 0 radical (unpaired) electrons. The number of carboxylic acids is 1. The summed E-state index contributed by atoms with van der Waals surface area (Å²) in [5, 5.41) is 9.99. The molecular weight excluding hydrogens is 377 g/mol. The Morgan fingerprint density at radius 2 is 1.89 bits per heavy atom. The number of nitrogens with zero attached hydrogens (tertiary/aromatic N) is 2. The average molecular weight is 392 g/mol. The molecule has 0 spiro atoms. The largest absolute Gasteiger partial charge is 0.490 e. The van der Waals surface area contributed by atoms with Crippen molar-refractivity contribution in [2.45, 2.75) is 12.6 Å². The lowest BCUT2D eigenvalue weighted by Gasteiger charge is -2.10. The molecule has 1 aliphatic rings. The van der Waals surface area contributed by atoms with Crippen LogP contribution in [-0.4, -0.2) is 44.2 Å². The Bertz CT molecular complexity index is 994. The van der Waals surface area contributed by atoms with Gasteiger partial charge in [-0.15, -0.1) is 0 Å². The molecule has 0 aliphatic carbocycles. The third-order valence-electron chi connectivity index (χ3n) is 3.97. The standard InChI is InChI=1S/C16H14N4O.C2HF3O2/c21-16-12-10-14(19-13(12)4-6-18-16)11-3-5-17-15(9-11)20-7-1-2-8-20;3-2(4,5)1(6)7/h1-3,5,7-10,19H,4,6H2,(H,18,21);(H,6,7). The highest BCUT2D eigenvalue weighted by molar-refractivity contribution is 5.97. The van der Waals surface area contributed by atoms with Gasteiger partial charge in [-0.1, -0.05) is 0 Å². The quantitative estimate of drug-likeness (QED) is 0.624. The first-order valence-electron chi connectivity index (χ1n) is 8.15. The number of carbonyl (C=O) groups excluding carboxylic acids is 1. The monoisotopic (exact) mass is 392 g/mol. The van der Waals surface area contributed by atoms with Crippen LogP contribution in [0.25, 0.3) is 17.1 Å². The van der Waals surface area contributed by atoms with Gasteiger partial charge in [0.1, 0.15) is 5.82 Å². The lowest BCUT2D eigenvalue weighted by molar-refractivity contribution is -0.192. The molecule has 0 saturated heterocycles. The molecule has 146 valence electrons. The highest BCUT2D eigenvalue weighted by Crippen LogP contribution is 2.25. The summed E-state index contributed by atoms with van der Waals surface area (Å²) < 4.78 is 33.7. The van der Waals surface area contributed by atoms with Gasteiger partial charge in [-0.05, 0) is 30.3 Å². The number of rotatable bonds is 2. The molecule has 0 bridgehead atoms. The topological polar surface area (TPSA) is 100 Å². The summed E-state index contributed by atoms with van der Waals surface area (Å²) in [6.45, 7) is 0.691. The van der Waals surface area contributed by atoms with Crippen molar-refractivity contribution in [1.29, 1.82) is 0 Å². The molecule has 1 aliphatic heterocycles. The van der Waals surface area contributed by atoms with E-state index in [1.807, 2.05) is 47.3 Å². The smallest absolute Gasteiger partial charge is 0.475 e. The van der Waals surface area contributed by atoms with E-state index in [9.17, 15) is 18.0 Å². The Morgan fingerprint density at radius 3 is 2.50 bits per heavy atom. The number of fused-ring (bicyclic) bond motifs is 1. The molecule has 7 nitrogen and oxygen atoms in total. The number of alkyl halides is 3. The van der Waals surface area contributed by atoms with Crippen molar-refractivity contribution in [2.24, 2.45) is 0 Å². The maximum Gasteiger partial charge on any atom is 0.490 e. The number of aliphatic carboxylic acids is 1. The van der Waals surface area contributed by atoms with Crippen LogP contribution in [0.4, 0.5) is 13.2 Å². The number of hydrogen-bond donors (Lipinski definition) is 3. The van der Waals surface area contributed by atoms with Crippen molar-refractivity contribution in [3.8, 4) is 17.1 Å². The van der Waals surface area contributed by atoms with Crippen LogP contribution in [0, 0.1) is 0 Å². The van der Waals surface area contributed by atoms with Crippen molar-refractivity contribution in [2.75, 3.05) is 6.54 Å². The number of halogens is 3. The second kappa shape index (κ2) is 7.59. The molecule has 3 aromatic rings. The molecule has 4 heterocycles. The Balaban J connectivity index is 0.000000279. The molecule has 0 fully saturated rings. The third kappa shape index (κ3) is 4.22. The number of hydrogen-bond acceptors (Lipinski definition) is 3. The average Bonchev–Trinajstić information content (AvgIpc) is 3.32. The number of aromatic nitrogens is 3. The zero-order chi connectivity index (χ0) is 20.3. The van der Waals surface area contributed by atoms with Crippen LogP contribution in [0.1, 0.15) is 16.1 Å². The summed E-state index contributed by atoms with van der Waals surface area (Å²) in [4.78, 5) is 28.5. The van der Waals surface area contributed by atoms with Gasteiger partial charge in [0.15, 0.2) is 0 Å². The van der Waals surface area contributed by atoms with Crippen LogP contribution in [0.15, 0.2) is 48.9 Å². The lowest BCUT2D eigenvalue weighted by Crippen LogP contribution is -2.31.